The average molecular weight is 585 g/mol. The Morgan fingerprint density at radius 2 is 1.12 bits per heavy atom. The van der Waals surface area contributed by atoms with E-state index >= 15 is 0 Å². The molecule has 0 aliphatic heterocycles. The lowest BCUT2D eigenvalue weighted by molar-refractivity contribution is 0.454. The van der Waals surface area contributed by atoms with E-state index in [-0.39, 0.29) is 37.1 Å². The number of aromatic nitrogens is 16. The van der Waals surface area contributed by atoms with Crippen LogP contribution in [-0.4, -0.2) is 80.8 Å². The molecule has 0 aliphatic rings. The molecule has 0 atom stereocenters. The molecule has 0 saturated heterocycles. The summed E-state index contributed by atoms with van der Waals surface area (Å²) in [6.07, 6.45) is 0. The van der Waals surface area contributed by atoms with E-state index in [9.17, 15) is 0 Å². The molecule has 0 bridgehead atoms. The van der Waals surface area contributed by atoms with Gasteiger partial charge in [-0.05, 0) is 72.8 Å². The van der Waals surface area contributed by atoms with Crippen LogP contribution < -0.4 is 0 Å². The van der Waals surface area contributed by atoms with Crippen LogP contribution in [0.1, 0.15) is 140 Å². The van der Waals surface area contributed by atoms with Gasteiger partial charge in [0.05, 0.1) is 19.1 Å². The maximum absolute atomic E-state index is 4.00. The average Bonchev–Trinajstić information content (AvgIpc) is 3.58. The van der Waals surface area contributed by atoms with Gasteiger partial charge in [0, 0.05) is 18.9 Å². The van der Waals surface area contributed by atoms with Crippen LogP contribution in [0.3, 0.4) is 0 Å². The van der Waals surface area contributed by atoms with Crippen LogP contribution in [0.5, 0.6) is 0 Å². The van der Waals surface area contributed by atoms with Gasteiger partial charge in [0.15, 0.2) is 17.5 Å². The molecule has 41 heavy (non-hydrogen) atoms. The van der Waals surface area contributed by atoms with Gasteiger partial charge >= 0.3 is 0 Å². The molecule has 0 aliphatic carbocycles. The predicted molar refractivity (Wildman–Crippen MR) is 165 cm³/mol. The molecule has 0 unspecified atom stereocenters. The van der Waals surface area contributed by atoms with Crippen molar-refractivity contribution in [2.75, 3.05) is 0 Å². The fourth-order valence-electron chi connectivity index (χ4n) is 2.49. The SMILES string of the molecule is C.C.C.C.C.CC(C)c1nnn(C)n1.CC(C)c1nnnn1C.Cc1nnn(C(C)C)n1.Cc1nnnn1C(C)C. The van der Waals surface area contributed by atoms with Crippen LogP contribution in [0.25, 0.3) is 0 Å². The summed E-state index contributed by atoms with van der Waals surface area (Å²) in [6, 6.07) is 0.672. The van der Waals surface area contributed by atoms with Crippen molar-refractivity contribution in [3.8, 4) is 0 Å². The molecule has 240 valence electrons. The Balaban J connectivity index is -0.000000135. The fourth-order valence-corrected chi connectivity index (χ4v) is 2.49. The van der Waals surface area contributed by atoms with E-state index in [4.69, 9.17) is 0 Å². The van der Waals surface area contributed by atoms with E-state index in [2.05, 4.69) is 75.7 Å². The molecule has 16 nitrogen and oxygen atoms in total. The first-order valence-electron chi connectivity index (χ1n) is 11.8. The summed E-state index contributed by atoms with van der Waals surface area (Å²) in [5.74, 6) is 4.10. The first kappa shape index (κ1) is 47.1. The number of hydrogen-bond acceptors (Lipinski definition) is 12. The first-order valence-corrected chi connectivity index (χ1v) is 11.8. The van der Waals surface area contributed by atoms with Crippen molar-refractivity contribution in [1.82, 2.24) is 80.8 Å². The van der Waals surface area contributed by atoms with Gasteiger partial charge in [0.25, 0.3) is 0 Å². The highest BCUT2D eigenvalue weighted by Crippen LogP contribution is 2.06. The van der Waals surface area contributed by atoms with Gasteiger partial charge in [-0.15, -0.1) is 30.6 Å². The van der Waals surface area contributed by atoms with Crippen LogP contribution in [-0.2, 0) is 14.1 Å². The lowest BCUT2D eigenvalue weighted by Gasteiger charge is -2.02. The van der Waals surface area contributed by atoms with Crippen LogP contribution >= 0.6 is 0 Å². The largest absolute Gasteiger partial charge is 0.232 e. The third-order valence-electron chi connectivity index (χ3n) is 4.35. The standard InChI is InChI=1S/4C5H10N4.5CH4/c1-4(2)5-6-7-8-9(5)3;1-4(2)5-6-8-9(3)7-5;1-4(2)9-5(3)6-7-8-9;1-4(2)9-7-5(3)6-8-9;;;;;/h4*4H,1-3H3;5*1H4. The van der Waals surface area contributed by atoms with Crippen molar-refractivity contribution < 1.29 is 0 Å². The lowest BCUT2D eigenvalue weighted by Crippen LogP contribution is -2.04. The highest BCUT2D eigenvalue weighted by Gasteiger charge is 2.05. The summed E-state index contributed by atoms with van der Waals surface area (Å²) in [7, 11) is 3.61. The van der Waals surface area contributed by atoms with Crippen LogP contribution in [0.2, 0.25) is 0 Å². The second-order valence-electron chi connectivity index (χ2n) is 9.12. The fraction of sp³-hybridized carbons (Fsp3) is 0.840. The van der Waals surface area contributed by atoms with Crippen molar-refractivity contribution in [2.24, 2.45) is 14.1 Å². The number of rotatable bonds is 4. The zero-order valence-corrected chi connectivity index (χ0v) is 23.5. The molecule has 0 radical (unpaired) electrons. The van der Waals surface area contributed by atoms with E-state index in [0.29, 0.717) is 23.9 Å². The molecule has 0 spiro atoms. The quantitative estimate of drug-likeness (QED) is 0.315. The Morgan fingerprint density at radius 1 is 0.561 bits per heavy atom. The molecule has 16 heteroatoms. The maximum Gasteiger partial charge on any atom is 0.177 e. The summed E-state index contributed by atoms with van der Waals surface area (Å²) in [5.41, 5.74) is 0. The molecule has 0 amide bonds. The van der Waals surface area contributed by atoms with Crippen molar-refractivity contribution >= 4 is 0 Å². The van der Waals surface area contributed by atoms with Crippen LogP contribution in [0.4, 0.5) is 0 Å². The molecule has 4 aromatic rings. The minimum atomic E-state index is 0. The van der Waals surface area contributed by atoms with Crippen molar-refractivity contribution in [3.63, 3.8) is 0 Å². The van der Waals surface area contributed by atoms with E-state index in [0.717, 1.165) is 23.3 Å². The molecule has 0 fully saturated rings. The minimum Gasteiger partial charge on any atom is -0.232 e. The van der Waals surface area contributed by atoms with Gasteiger partial charge in [-0.3, -0.25) is 0 Å². The van der Waals surface area contributed by atoms with E-state index in [1.165, 1.54) is 4.80 Å². The number of tetrazole rings is 4. The Morgan fingerprint density at radius 3 is 1.32 bits per heavy atom. The van der Waals surface area contributed by atoms with Gasteiger partial charge in [-0.25, -0.2) is 9.36 Å². The molecule has 0 saturated carbocycles. The molecule has 0 aromatic carbocycles. The van der Waals surface area contributed by atoms with Crippen LogP contribution in [0, 0.1) is 13.8 Å². The minimum absolute atomic E-state index is 0. The van der Waals surface area contributed by atoms with Gasteiger partial charge in [0.1, 0.15) is 5.82 Å². The molecule has 4 rings (SSSR count). The lowest BCUT2D eigenvalue weighted by atomic mass is 10.2. The molecule has 0 N–H and O–H groups in total. The summed E-state index contributed by atoms with van der Waals surface area (Å²) in [4.78, 5) is 3.06. The second-order valence-corrected chi connectivity index (χ2v) is 9.12. The summed E-state index contributed by atoms with van der Waals surface area (Å²) in [6.45, 7) is 20.0. The number of hydrogen-bond donors (Lipinski definition) is 0. The summed E-state index contributed by atoms with van der Waals surface area (Å²) < 4.78 is 3.46. The highest BCUT2D eigenvalue weighted by molar-refractivity contribution is 4.86. The second kappa shape index (κ2) is 23.0. The van der Waals surface area contributed by atoms with Crippen molar-refractivity contribution in [1.29, 1.82) is 0 Å². The predicted octanol–water partition coefficient (Wildman–Crippen LogP) is 4.97. The molecule has 4 heterocycles. The summed E-state index contributed by atoms with van der Waals surface area (Å²) >= 11 is 0. The van der Waals surface area contributed by atoms with Gasteiger partial charge < -0.3 is 0 Å². The van der Waals surface area contributed by atoms with Gasteiger partial charge in [0.2, 0.25) is 0 Å². The third-order valence-corrected chi connectivity index (χ3v) is 4.35. The Labute approximate surface area is 248 Å². The Kier molecular flexibility index (Phi) is 26.5. The molecular weight excluding hydrogens is 524 g/mol. The van der Waals surface area contributed by atoms with E-state index < -0.39 is 0 Å². The Hall–Kier alpha value is -3.72. The third kappa shape index (κ3) is 16.9. The zero-order valence-electron chi connectivity index (χ0n) is 23.5. The topological polar surface area (TPSA) is 174 Å². The normalized spacial score (nSPS) is 9.37. The Bertz CT molecular complexity index is 1030. The van der Waals surface area contributed by atoms with Gasteiger partial charge in [-0.1, -0.05) is 64.8 Å². The summed E-state index contributed by atoms with van der Waals surface area (Å²) in [5, 5.41) is 45.1. The van der Waals surface area contributed by atoms with Crippen molar-refractivity contribution in [2.45, 2.75) is 130 Å². The maximum atomic E-state index is 4.00. The van der Waals surface area contributed by atoms with E-state index in [1.54, 1.807) is 21.2 Å². The molecule has 4 aromatic heterocycles. The smallest absolute Gasteiger partial charge is 0.177 e. The first-order chi connectivity index (χ1) is 16.8. The van der Waals surface area contributed by atoms with Crippen LogP contribution in [0.15, 0.2) is 0 Å². The van der Waals surface area contributed by atoms with Gasteiger partial charge in [-0.2, -0.15) is 9.59 Å². The molecular formula is C25H60N16. The van der Waals surface area contributed by atoms with E-state index in [1.807, 2.05) is 62.4 Å². The van der Waals surface area contributed by atoms with Crippen molar-refractivity contribution in [3.05, 3.63) is 23.3 Å². The highest BCUT2D eigenvalue weighted by atomic mass is 15.6. The number of aryl methyl sites for hydroxylation is 4. The monoisotopic (exact) mass is 585 g/mol. The zero-order chi connectivity index (χ0) is 27.4. The number of nitrogens with zero attached hydrogens (tertiary/aromatic N) is 16.